The third kappa shape index (κ3) is 4.81. The Morgan fingerprint density at radius 1 is 1.14 bits per heavy atom. The Hall–Kier alpha value is -1.94. The number of hydrogen-bond donors (Lipinski definition) is 2. The van der Waals surface area contributed by atoms with E-state index in [0.717, 1.165) is 5.56 Å². The van der Waals surface area contributed by atoms with Crippen molar-refractivity contribution in [3.05, 3.63) is 59.4 Å². The molecule has 2 aromatic rings. The van der Waals surface area contributed by atoms with E-state index in [1.54, 1.807) is 12.3 Å². The molecule has 1 heterocycles. The first-order chi connectivity index (χ1) is 10.3. The number of rotatable bonds is 5. The van der Waals surface area contributed by atoms with Gasteiger partial charge in [-0.2, -0.15) is 0 Å². The zero-order chi connectivity index (χ0) is 16.2. The molecular weight excluding hydrogens is 301 g/mol. The zero-order valence-corrected chi connectivity index (χ0v) is 13.3. The van der Waals surface area contributed by atoms with Gasteiger partial charge >= 0.3 is 7.82 Å². The summed E-state index contributed by atoms with van der Waals surface area (Å²) in [5, 5.41) is 0. The van der Waals surface area contributed by atoms with Crippen LogP contribution in [-0.2, 0) is 4.57 Å². The molecule has 0 bridgehead atoms. The minimum atomic E-state index is -4.62. The molecule has 116 valence electrons. The van der Waals surface area contributed by atoms with Gasteiger partial charge < -0.3 is 4.52 Å². The van der Waals surface area contributed by atoms with E-state index in [-0.39, 0.29) is 11.7 Å². The molecule has 0 atom stereocenters. The molecule has 0 radical (unpaired) electrons. The molecule has 5 nitrogen and oxygen atoms in total. The van der Waals surface area contributed by atoms with Crippen LogP contribution in [0.25, 0.3) is 12.2 Å². The number of pyridine rings is 1. The Kier molecular flexibility index (Phi) is 5.14. The van der Waals surface area contributed by atoms with Gasteiger partial charge in [0.2, 0.25) is 0 Å². The topological polar surface area (TPSA) is 79.7 Å². The number of phosphoric acid groups is 1. The lowest BCUT2D eigenvalue weighted by atomic mass is 10.1. The molecule has 0 aliphatic heterocycles. The lowest BCUT2D eigenvalue weighted by molar-refractivity contribution is 0.281. The maximum Gasteiger partial charge on any atom is 0.524 e. The SMILES string of the molecule is CC(C)c1ncc(C=Cc2ccccc2)cc1OP(=O)(O)O. The average molecular weight is 319 g/mol. The van der Waals surface area contributed by atoms with E-state index in [9.17, 15) is 4.57 Å². The molecule has 1 aromatic heterocycles. The summed E-state index contributed by atoms with van der Waals surface area (Å²) >= 11 is 0. The summed E-state index contributed by atoms with van der Waals surface area (Å²) < 4.78 is 15.8. The molecule has 0 amide bonds. The standard InChI is InChI=1S/C16H18NO4P/c1-12(2)16-15(21-22(18,19)20)10-14(11-17-16)9-8-13-6-4-3-5-7-13/h3-12H,1-2H3,(H2,18,19,20). The van der Waals surface area contributed by atoms with Gasteiger partial charge in [-0.15, -0.1) is 0 Å². The lowest BCUT2D eigenvalue weighted by Crippen LogP contribution is -2.00. The van der Waals surface area contributed by atoms with Crippen LogP contribution < -0.4 is 4.52 Å². The summed E-state index contributed by atoms with van der Waals surface area (Å²) in [7, 11) is -4.62. The van der Waals surface area contributed by atoms with Crippen molar-refractivity contribution < 1.29 is 18.9 Å². The molecule has 2 rings (SSSR count). The molecule has 0 saturated carbocycles. The highest BCUT2D eigenvalue weighted by atomic mass is 31.2. The summed E-state index contributed by atoms with van der Waals surface area (Å²) in [4.78, 5) is 22.3. The van der Waals surface area contributed by atoms with Gasteiger partial charge in [-0.25, -0.2) is 4.57 Å². The van der Waals surface area contributed by atoms with E-state index in [4.69, 9.17) is 14.3 Å². The van der Waals surface area contributed by atoms with Gasteiger partial charge in [0.1, 0.15) is 0 Å². The summed E-state index contributed by atoms with van der Waals surface area (Å²) in [5.74, 6) is 0.104. The van der Waals surface area contributed by atoms with E-state index < -0.39 is 7.82 Å². The predicted octanol–water partition coefficient (Wildman–Crippen LogP) is 3.85. The molecular formula is C16H18NO4P. The molecule has 0 aliphatic carbocycles. The minimum absolute atomic E-state index is 0.00583. The summed E-state index contributed by atoms with van der Waals surface area (Å²) in [6.07, 6.45) is 5.37. The van der Waals surface area contributed by atoms with E-state index in [1.165, 1.54) is 0 Å². The summed E-state index contributed by atoms with van der Waals surface area (Å²) in [6.45, 7) is 3.77. The first kappa shape index (κ1) is 16.4. The van der Waals surface area contributed by atoms with Crippen molar-refractivity contribution in [2.45, 2.75) is 19.8 Å². The van der Waals surface area contributed by atoms with E-state index in [1.807, 2.05) is 56.3 Å². The van der Waals surface area contributed by atoms with Crippen molar-refractivity contribution in [2.75, 3.05) is 0 Å². The van der Waals surface area contributed by atoms with Gasteiger partial charge in [0.25, 0.3) is 0 Å². The second kappa shape index (κ2) is 6.88. The zero-order valence-electron chi connectivity index (χ0n) is 12.4. The lowest BCUT2D eigenvalue weighted by Gasteiger charge is -2.13. The molecule has 0 saturated heterocycles. The van der Waals surface area contributed by atoms with Gasteiger partial charge in [-0.05, 0) is 23.1 Å². The quantitative estimate of drug-likeness (QED) is 0.818. The molecule has 0 aliphatic rings. The van der Waals surface area contributed by atoms with Gasteiger partial charge in [-0.3, -0.25) is 14.8 Å². The van der Waals surface area contributed by atoms with Gasteiger partial charge in [0.15, 0.2) is 5.75 Å². The van der Waals surface area contributed by atoms with Crippen molar-refractivity contribution in [1.29, 1.82) is 0 Å². The van der Waals surface area contributed by atoms with Crippen molar-refractivity contribution in [1.82, 2.24) is 4.98 Å². The van der Waals surface area contributed by atoms with Crippen molar-refractivity contribution in [3.63, 3.8) is 0 Å². The normalized spacial score (nSPS) is 12.0. The fourth-order valence-electron chi connectivity index (χ4n) is 1.95. The summed E-state index contributed by atoms with van der Waals surface area (Å²) in [5.41, 5.74) is 2.24. The van der Waals surface area contributed by atoms with E-state index >= 15 is 0 Å². The molecule has 0 spiro atoms. The number of aromatic nitrogens is 1. The monoisotopic (exact) mass is 319 g/mol. The Labute approximate surface area is 129 Å². The molecule has 1 aromatic carbocycles. The average Bonchev–Trinajstić information content (AvgIpc) is 2.44. The minimum Gasteiger partial charge on any atom is -0.402 e. The Morgan fingerprint density at radius 3 is 2.36 bits per heavy atom. The van der Waals surface area contributed by atoms with Crippen LogP contribution in [0.4, 0.5) is 0 Å². The van der Waals surface area contributed by atoms with Crippen LogP contribution in [0.2, 0.25) is 0 Å². The Bertz CT molecular complexity index is 707. The van der Waals surface area contributed by atoms with Crippen LogP contribution in [0.5, 0.6) is 5.75 Å². The van der Waals surface area contributed by atoms with Crippen LogP contribution in [-0.4, -0.2) is 14.8 Å². The fraction of sp³-hybridized carbons (Fsp3) is 0.188. The van der Waals surface area contributed by atoms with Crippen molar-refractivity contribution in [2.24, 2.45) is 0 Å². The molecule has 2 N–H and O–H groups in total. The fourth-order valence-corrected chi connectivity index (χ4v) is 2.36. The van der Waals surface area contributed by atoms with Crippen LogP contribution >= 0.6 is 7.82 Å². The maximum absolute atomic E-state index is 11.1. The molecule has 0 fully saturated rings. The van der Waals surface area contributed by atoms with Crippen molar-refractivity contribution >= 4 is 20.0 Å². The Morgan fingerprint density at radius 2 is 1.77 bits per heavy atom. The highest BCUT2D eigenvalue weighted by Crippen LogP contribution is 2.40. The smallest absolute Gasteiger partial charge is 0.402 e. The second-order valence-corrected chi connectivity index (χ2v) is 6.30. The number of nitrogens with zero attached hydrogens (tertiary/aromatic N) is 1. The highest BCUT2D eigenvalue weighted by Gasteiger charge is 2.20. The largest absolute Gasteiger partial charge is 0.524 e. The van der Waals surface area contributed by atoms with Crippen LogP contribution in [0.3, 0.4) is 0 Å². The molecule has 0 unspecified atom stereocenters. The summed E-state index contributed by atoms with van der Waals surface area (Å²) in [6, 6.07) is 11.3. The van der Waals surface area contributed by atoms with Crippen LogP contribution in [0, 0.1) is 0 Å². The highest BCUT2D eigenvalue weighted by molar-refractivity contribution is 7.46. The van der Waals surface area contributed by atoms with E-state index in [0.29, 0.717) is 11.3 Å². The molecule has 22 heavy (non-hydrogen) atoms. The first-order valence-corrected chi connectivity index (χ1v) is 8.36. The van der Waals surface area contributed by atoms with Gasteiger partial charge in [-0.1, -0.05) is 56.3 Å². The Balaban J connectivity index is 2.32. The van der Waals surface area contributed by atoms with Gasteiger partial charge in [0.05, 0.1) is 5.69 Å². The van der Waals surface area contributed by atoms with Crippen LogP contribution in [0.15, 0.2) is 42.6 Å². The number of benzene rings is 1. The maximum atomic E-state index is 11.1. The van der Waals surface area contributed by atoms with E-state index in [2.05, 4.69) is 4.98 Å². The third-order valence-corrected chi connectivity index (χ3v) is 3.37. The van der Waals surface area contributed by atoms with Crippen LogP contribution in [0.1, 0.15) is 36.6 Å². The first-order valence-electron chi connectivity index (χ1n) is 6.83. The predicted molar refractivity (Wildman–Crippen MR) is 86.4 cm³/mol. The number of hydrogen-bond acceptors (Lipinski definition) is 3. The van der Waals surface area contributed by atoms with Gasteiger partial charge in [0, 0.05) is 6.20 Å². The number of phosphoric ester groups is 1. The molecule has 6 heteroatoms. The second-order valence-electron chi connectivity index (χ2n) is 5.13. The third-order valence-electron chi connectivity index (χ3n) is 2.93. The van der Waals surface area contributed by atoms with Crippen molar-refractivity contribution in [3.8, 4) is 5.75 Å².